The topological polar surface area (TPSA) is 52.2 Å². The minimum atomic E-state index is -0.189. The zero-order valence-electron chi connectivity index (χ0n) is 17.2. The maximum Gasteiger partial charge on any atom is 0.254 e. The second kappa shape index (κ2) is 7.34. The summed E-state index contributed by atoms with van der Waals surface area (Å²) in [5.41, 5.74) is 6.23. The summed E-state index contributed by atoms with van der Waals surface area (Å²) in [6.45, 7) is 0.666. The van der Waals surface area contributed by atoms with Gasteiger partial charge in [-0.05, 0) is 47.9 Å². The van der Waals surface area contributed by atoms with Gasteiger partial charge in [0.1, 0.15) is 0 Å². The normalized spacial score (nSPS) is 15.8. The van der Waals surface area contributed by atoms with Crippen molar-refractivity contribution in [1.29, 1.82) is 0 Å². The largest absolute Gasteiger partial charge is 0.378 e. The Labute approximate surface area is 176 Å². The molecule has 1 aliphatic rings. The number of aromatic amines is 1. The van der Waals surface area contributed by atoms with Gasteiger partial charge in [0.25, 0.3) is 5.91 Å². The van der Waals surface area contributed by atoms with E-state index in [9.17, 15) is 4.79 Å². The van der Waals surface area contributed by atoms with Gasteiger partial charge in [0, 0.05) is 60.9 Å². The van der Waals surface area contributed by atoms with Gasteiger partial charge in [-0.25, -0.2) is 0 Å². The molecule has 2 aromatic heterocycles. The molecule has 5 rings (SSSR count). The molecule has 30 heavy (non-hydrogen) atoms. The SMILES string of the molecule is CN(C)c1cccc(C(=O)N2CCc3c([nH]c4ccccc34)[C@@H]2c2cccnc2)c1. The molecule has 0 radical (unpaired) electrons. The third-order valence-electron chi connectivity index (χ3n) is 5.90. The molecule has 4 aromatic rings. The number of aromatic nitrogens is 2. The molecule has 1 N–H and O–H groups in total. The molecule has 5 heteroatoms. The summed E-state index contributed by atoms with van der Waals surface area (Å²) >= 11 is 0. The van der Waals surface area contributed by atoms with Crippen molar-refractivity contribution in [2.24, 2.45) is 0 Å². The van der Waals surface area contributed by atoms with E-state index in [0.29, 0.717) is 12.1 Å². The first-order valence-corrected chi connectivity index (χ1v) is 10.2. The molecule has 0 fully saturated rings. The Morgan fingerprint density at radius 3 is 2.77 bits per heavy atom. The Balaban J connectivity index is 1.63. The van der Waals surface area contributed by atoms with Crippen LogP contribution in [0.25, 0.3) is 10.9 Å². The molecule has 3 heterocycles. The number of amides is 1. The quantitative estimate of drug-likeness (QED) is 0.558. The van der Waals surface area contributed by atoms with Crippen LogP contribution in [0.5, 0.6) is 0 Å². The van der Waals surface area contributed by atoms with E-state index in [2.05, 4.69) is 34.2 Å². The van der Waals surface area contributed by atoms with E-state index in [1.165, 1.54) is 10.9 Å². The van der Waals surface area contributed by atoms with Crippen molar-refractivity contribution in [2.45, 2.75) is 12.5 Å². The number of carbonyl (C=O) groups excluding carboxylic acids is 1. The second-order valence-electron chi connectivity index (χ2n) is 7.95. The molecular formula is C25H24N4O. The highest BCUT2D eigenvalue weighted by Gasteiger charge is 2.35. The third kappa shape index (κ3) is 3.03. The van der Waals surface area contributed by atoms with Crippen LogP contribution >= 0.6 is 0 Å². The fraction of sp³-hybridized carbons (Fsp3) is 0.200. The van der Waals surface area contributed by atoms with Crippen LogP contribution in [0.15, 0.2) is 73.1 Å². The van der Waals surface area contributed by atoms with Crippen LogP contribution in [0.1, 0.15) is 33.2 Å². The first-order valence-electron chi connectivity index (χ1n) is 10.2. The Bertz CT molecular complexity index is 1210. The highest BCUT2D eigenvalue weighted by molar-refractivity contribution is 5.96. The molecule has 1 atom stereocenters. The van der Waals surface area contributed by atoms with Crippen LogP contribution in [0.2, 0.25) is 0 Å². The smallest absolute Gasteiger partial charge is 0.254 e. The molecule has 0 bridgehead atoms. The molecule has 2 aromatic carbocycles. The lowest BCUT2D eigenvalue weighted by molar-refractivity contribution is 0.0692. The van der Waals surface area contributed by atoms with Gasteiger partial charge in [0.2, 0.25) is 0 Å². The molecule has 0 spiro atoms. The zero-order valence-corrected chi connectivity index (χ0v) is 17.2. The number of hydrogen-bond donors (Lipinski definition) is 1. The summed E-state index contributed by atoms with van der Waals surface area (Å²) < 4.78 is 0. The van der Waals surface area contributed by atoms with Gasteiger partial charge in [-0.15, -0.1) is 0 Å². The van der Waals surface area contributed by atoms with Crippen molar-refractivity contribution >= 4 is 22.5 Å². The van der Waals surface area contributed by atoms with Gasteiger partial charge < -0.3 is 14.8 Å². The Morgan fingerprint density at radius 1 is 1.10 bits per heavy atom. The van der Waals surface area contributed by atoms with Gasteiger partial charge in [-0.3, -0.25) is 9.78 Å². The average molecular weight is 396 g/mol. The monoisotopic (exact) mass is 396 g/mol. The first-order chi connectivity index (χ1) is 14.6. The minimum Gasteiger partial charge on any atom is -0.378 e. The number of para-hydroxylation sites is 1. The molecule has 5 nitrogen and oxygen atoms in total. The summed E-state index contributed by atoms with van der Waals surface area (Å²) in [7, 11) is 3.97. The maximum absolute atomic E-state index is 13.7. The van der Waals surface area contributed by atoms with Crippen molar-refractivity contribution in [3.05, 3.63) is 95.4 Å². The lowest BCUT2D eigenvalue weighted by atomic mass is 9.92. The fourth-order valence-corrected chi connectivity index (χ4v) is 4.43. The number of nitrogens with zero attached hydrogens (tertiary/aromatic N) is 3. The molecular weight excluding hydrogens is 372 g/mol. The summed E-state index contributed by atoms with van der Waals surface area (Å²) in [6, 6.07) is 20.0. The van der Waals surface area contributed by atoms with E-state index in [-0.39, 0.29) is 11.9 Å². The number of rotatable bonds is 3. The predicted octanol–water partition coefficient (Wildman–Crippen LogP) is 4.42. The van der Waals surface area contributed by atoms with E-state index in [0.717, 1.165) is 28.9 Å². The Morgan fingerprint density at radius 2 is 1.97 bits per heavy atom. The van der Waals surface area contributed by atoms with Crippen molar-refractivity contribution in [1.82, 2.24) is 14.9 Å². The highest BCUT2D eigenvalue weighted by atomic mass is 16.2. The van der Waals surface area contributed by atoms with Crippen molar-refractivity contribution in [3.8, 4) is 0 Å². The lowest BCUT2D eigenvalue weighted by Gasteiger charge is -2.36. The van der Waals surface area contributed by atoms with Crippen LogP contribution in [-0.2, 0) is 6.42 Å². The van der Waals surface area contributed by atoms with Crippen LogP contribution in [0, 0.1) is 0 Å². The van der Waals surface area contributed by atoms with Gasteiger partial charge in [0.15, 0.2) is 0 Å². The number of nitrogens with one attached hydrogen (secondary N) is 1. The fourth-order valence-electron chi connectivity index (χ4n) is 4.43. The maximum atomic E-state index is 13.7. The van der Waals surface area contributed by atoms with Crippen molar-refractivity contribution in [2.75, 3.05) is 25.5 Å². The Kier molecular flexibility index (Phi) is 4.51. The van der Waals surface area contributed by atoms with Crippen LogP contribution in [0.4, 0.5) is 5.69 Å². The molecule has 1 amide bonds. The number of pyridine rings is 1. The minimum absolute atomic E-state index is 0.0388. The molecule has 0 saturated carbocycles. The number of carbonyl (C=O) groups is 1. The molecule has 150 valence electrons. The van der Waals surface area contributed by atoms with Crippen molar-refractivity contribution < 1.29 is 4.79 Å². The van der Waals surface area contributed by atoms with Crippen molar-refractivity contribution in [3.63, 3.8) is 0 Å². The predicted molar refractivity (Wildman–Crippen MR) is 120 cm³/mol. The summed E-state index contributed by atoms with van der Waals surface area (Å²) in [4.78, 5) is 25.6. The van der Waals surface area contributed by atoms with E-state index >= 15 is 0 Å². The standard InChI is InChI=1S/C25H24N4O/c1-28(2)19-9-5-7-17(15-19)25(30)29-14-12-21-20-10-3-4-11-22(20)27-23(21)24(29)18-8-6-13-26-16-18/h3-11,13,15-16,24,27H,12,14H2,1-2H3/t24-/m0/s1. The van der Waals surface area contributed by atoms with E-state index in [4.69, 9.17) is 0 Å². The number of anilines is 1. The summed E-state index contributed by atoms with van der Waals surface area (Å²) in [6.07, 6.45) is 4.46. The van der Waals surface area contributed by atoms with Crippen LogP contribution in [-0.4, -0.2) is 41.4 Å². The van der Waals surface area contributed by atoms with Gasteiger partial charge >= 0.3 is 0 Å². The van der Waals surface area contributed by atoms with E-state index in [1.54, 1.807) is 6.20 Å². The van der Waals surface area contributed by atoms with E-state index < -0.39 is 0 Å². The lowest BCUT2D eigenvalue weighted by Crippen LogP contribution is -2.40. The zero-order chi connectivity index (χ0) is 20.7. The van der Waals surface area contributed by atoms with Gasteiger partial charge in [0.05, 0.1) is 6.04 Å². The summed E-state index contributed by atoms with van der Waals surface area (Å²) in [5, 5.41) is 1.24. The molecule has 0 unspecified atom stereocenters. The second-order valence-corrected chi connectivity index (χ2v) is 7.95. The van der Waals surface area contributed by atoms with Gasteiger partial charge in [-0.2, -0.15) is 0 Å². The van der Waals surface area contributed by atoms with Gasteiger partial charge in [-0.1, -0.05) is 30.3 Å². The average Bonchev–Trinajstić information content (AvgIpc) is 3.17. The number of hydrogen-bond acceptors (Lipinski definition) is 3. The number of benzene rings is 2. The van der Waals surface area contributed by atoms with E-state index in [1.807, 2.05) is 66.5 Å². The number of fused-ring (bicyclic) bond motifs is 3. The highest BCUT2D eigenvalue weighted by Crippen LogP contribution is 2.39. The molecule has 1 aliphatic heterocycles. The van der Waals surface area contributed by atoms with Crippen LogP contribution < -0.4 is 4.90 Å². The molecule has 0 saturated heterocycles. The third-order valence-corrected chi connectivity index (χ3v) is 5.90. The van der Waals surface area contributed by atoms with Crippen LogP contribution in [0.3, 0.4) is 0 Å². The first kappa shape index (κ1) is 18.4. The summed E-state index contributed by atoms with van der Waals surface area (Å²) in [5.74, 6) is 0.0388. The molecule has 0 aliphatic carbocycles. The number of H-pyrrole nitrogens is 1. The Hall–Kier alpha value is -3.60.